The number of carbonyl (C=O) groups is 1. The number of aryl methyl sites for hydroxylation is 1. The van der Waals surface area contributed by atoms with E-state index in [9.17, 15) is 13.2 Å². The highest BCUT2D eigenvalue weighted by atomic mass is 79.9. The lowest BCUT2D eigenvalue weighted by Gasteiger charge is -2.15. The van der Waals surface area contributed by atoms with Crippen molar-refractivity contribution in [3.05, 3.63) is 14.7 Å². The lowest BCUT2D eigenvalue weighted by Crippen LogP contribution is -2.38. The van der Waals surface area contributed by atoms with Crippen molar-refractivity contribution >= 4 is 43.2 Å². The van der Waals surface area contributed by atoms with Crippen LogP contribution < -0.4 is 4.72 Å². The predicted octanol–water partition coefficient (Wildman–Crippen LogP) is 1.72. The molecule has 0 radical (unpaired) electrons. The fourth-order valence-corrected chi connectivity index (χ4v) is 5.40. The number of hydrogen-bond donors (Lipinski definition) is 1. The Hall–Kier alpha value is -0.440. The quantitative estimate of drug-likeness (QED) is 0.881. The van der Waals surface area contributed by atoms with E-state index in [0.29, 0.717) is 4.88 Å². The topological polar surface area (TPSA) is 66.5 Å². The molecule has 106 valence electrons. The van der Waals surface area contributed by atoms with Gasteiger partial charge in [-0.25, -0.2) is 13.1 Å². The molecule has 0 unspecified atom stereocenters. The average molecular weight is 367 g/mol. The van der Waals surface area contributed by atoms with E-state index in [4.69, 9.17) is 0 Å². The van der Waals surface area contributed by atoms with Gasteiger partial charge < -0.3 is 4.90 Å². The summed E-state index contributed by atoms with van der Waals surface area (Å²) in [4.78, 5) is 14.4. The van der Waals surface area contributed by atoms with Gasteiger partial charge in [0.25, 0.3) is 0 Å². The van der Waals surface area contributed by atoms with Crippen molar-refractivity contribution in [3.63, 3.8) is 0 Å². The third kappa shape index (κ3) is 3.56. The van der Waals surface area contributed by atoms with Crippen molar-refractivity contribution in [3.8, 4) is 0 Å². The van der Waals surface area contributed by atoms with Crippen LogP contribution in [0.1, 0.15) is 17.7 Å². The maximum absolute atomic E-state index is 12.1. The Kier molecular flexibility index (Phi) is 4.65. The first-order valence-corrected chi connectivity index (χ1v) is 9.03. The summed E-state index contributed by atoms with van der Waals surface area (Å²) < 4.78 is 27.3. The molecule has 0 bridgehead atoms. The summed E-state index contributed by atoms with van der Waals surface area (Å²) in [7, 11) is -3.61. The van der Waals surface area contributed by atoms with Crippen LogP contribution in [0.15, 0.2) is 14.7 Å². The van der Waals surface area contributed by atoms with Crippen LogP contribution >= 0.6 is 27.3 Å². The minimum Gasteiger partial charge on any atom is -0.342 e. The van der Waals surface area contributed by atoms with Crippen molar-refractivity contribution in [1.82, 2.24) is 9.62 Å². The smallest absolute Gasteiger partial charge is 0.242 e. The molecule has 1 fully saturated rings. The number of amides is 1. The zero-order chi connectivity index (χ0) is 14.0. The van der Waals surface area contributed by atoms with Gasteiger partial charge in [-0.15, -0.1) is 11.3 Å². The van der Waals surface area contributed by atoms with E-state index >= 15 is 0 Å². The van der Waals surface area contributed by atoms with Gasteiger partial charge in [0.1, 0.15) is 0 Å². The van der Waals surface area contributed by atoms with Crippen LogP contribution in [0.5, 0.6) is 0 Å². The number of likely N-dealkylation sites (tertiary alicyclic amines) is 1. The van der Waals surface area contributed by atoms with Gasteiger partial charge in [-0.05, 0) is 41.8 Å². The molecule has 1 saturated heterocycles. The van der Waals surface area contributed by atoms with Crippen LogP contribution in [0.4, 0.5) is 0 Å². The molecule has 0 spiro atoms. The van der Waals surface area contributed by atoms with Crippen LogP contribution in [0.25, 0.3) is 0 Å². The van der Waals surface area contributed by atoms with E-state index in [-0.39, 0.29) is 17.3 Å². The molecule has 1 aliphatic heterocycles. The molecule has 1 amide bonds. The fraction of sp³-hybridized carbons (Fsp3) is 0.545. The molecule has 2 rings (SSSR count). The minimum absolute atomic E-state index is 0.159. The number of rotatable bonds is 4. The van der Waals surface area contributed by atoms with Crippen LogP contribution in [0, 0.1) is 6.92 Å². The Balaban J connectivity index is 2.01. The van der Waals surface area contributed by atoms with E-state index in [1.54, 1.807) is 17.9 Å². The zero-order valence-corrected chi connectivity index (χ0v) is 13.7. The maximum atomic E-state index is 12.1. The summed E-state index contributed by atoms with van der Waals surface area (Å²) in [6.45, 7) is 3.02. The molecular formula is C11H15BrN2O3S2. The number of nitrogens with one attached hydrogen (secondary N) is 1. The van der Waals surface area contributed by atoms with Crippen molar-refractivity contribution in [1.29, 1.82) is 0 Å². The highest BCUT2D eigenvalue weighted by Crippen LogP contribution is 2.29. The Bertz CT molecular complexity index is 577. The standard InChI is InChI=1S/C11H15BrN2O3S2/c1-8-9(6-10(12)18-8)19(16,17)13-7-11(15)14-4-2-3-5-14/h6,13H,2-5,7H2,1H3. The number of thiophene rings is 1. The van der Waals surface area contributed by atoms with E-state index < -0.39 is 10.0 Å². The van der Waals surface area contributed by atoms with Crippen LogP contribution in [-0.2, 0) is 14.8 Å². The van der Waals surface area contributed by atoms with E-state index in [2.05, 4.69) is 20.7 Å². The van der Waals surface area contributed by atoms with Gasteiger partial charge in [0, 0.05) is 18.0 Å². The molecule has 1 aromatic heterocycles. The van der Waals surface area contributed by atoms with Gasteiger partial charge in [0.15, 0.2) is 0 Å². The summed E-state index contributed by atoms with van der Waals surface area (Å²) in [6, 6.07) is 1.56. The van der Waals surface area contributed by atoms with Gasteiger partial charge in [0.05, 0.1) is 15.2 Å². The van der Waals surface area contributed by atoms with Crippen LogP contribution in [0.2, 0.25) is 0 Å². The normalized spacial score (nSPS) is 16.0. The Labute approximate surface area is 125 Å². The van der Waals surface area contributed by atoms with Gasteiger partial charge in [-0.2, -0.15) is 0 Å². The molecule has 0 saturated carbocycles. The van der Waals surface area contributed by atoms with Crippen molar-refractivity contribution < 1.29 is 13.2 Å². The lowest BCUT2D eigenvalue weighted by molar-refractivity contribution is -0.128. The average Bonchev–Trinajstić information content (AvgIpc) is 2.96. The first-order chi connectivity index (χ1) is 8.90. The Morgan fingerprint density at radius 1 is 1.47 bits per heavy atom. The summed E-state index contributed by atoms with van der Waals surface area (Å²) >= 11 is 4.62. The largest absolute Gasteiger partial charge is 0.342 e. The number of halogens is 1. The highest BCUT2D eigenvalue weighted by molar-refractivity contribution is 9.11. The summed E-state index contributed by atoms with van der Waals surface area (Å²) in [5, 5.41) is 0. The zero-order valence-electron chi connectivity index (χ0n) is 10.5. The molecule has 8 heteroatoms. The van der Waals surface area contributed by atoms with E-state index in [1.807, 2.05) is 0 Å². The summed E-state index contributed by atoms with van der Waals surface area (Å²) in [6.07, 6.45) is 1.99. The number of carbonyl (C=O) groups excluding carboxylic acids is 1. The van der Waals surface area contributed by atoms with Gasteiger partial charge in [0.2, 0.25) is 15.9 Å². The Morgan fingerprint density at radius 3 is 2.63 bits per heavy atom. The monoisotopic (exact) mass is 366 g/mol. The highest BCUT2D eigenvalue weighted by Gasteiger charge is 2.23. The molecule has 0 aromatic carbocycles. The molecule has 0 atom stereocenters. The maximum Gasteiger partial charge on any atom is 0.242 e. The molecule has 0 aliphatic carbocycles. The molecule has 1 aliphatic rings. The fourth-order valence-electron chi connectivity index (χ4n) is 2.01. The predicted molar refractivity (Wildman–Crippen MR) is 77.8 cm³/mol. The van der Waals surface area contributed by atoms with E-state index in [1.165, 1.54) is 11.3 Å². The van der Waals surface area contributed by atoms with Gasteiger partial charge >= 0.3 is 0 Å². The van der Waals surface area contributed by atoms with Gasteiger partial charge in [-0.1, -0.05) is 0 Å². The number of sulfonamides is 1. The molecule has 1 aromatic rings. The third-order valence-corrected chi connectivity index (χ3v) is 6.21. The number of hydrogen-bond acceptors (Lipinski definition) is 4. The van der Waals surface area contributed by atoms with Crippen molar-refractivity contribution in [2.75, 3.05) is 19.6 Å². The molecule has 19 heavy (non-hydrogen) atoms. The van der Waals surface area contributed by atoms with Crippen molar-refractivity contribution in [2.24, 2.45) is 0 Å². The summed E-state index contributed by atoms with van der Waals surface area (Å²) in [5.41, 5.74) is 0. The molecule has 1 N–H and O–H groups in total. The minimum atomic E-state index is -3.61. The first-order valence-electron chi connectivity index (χ1n) is 5.93. The molecule has 5 nitrogen and oxygen atoms in total. The number of nitrogens with zero attached hydrogens (tertiary/aromatic N) is 1. The third-order valence-electron chi connectivity index (χ3n) is 3.00. The van der Waals surface area contributed by atoms with Crippen LogP contribution in [0.3, 0.4) is 0 Å². The summed E-state index contributed by atoms with van der Waals surface area (Å²) in [5.74, 6) is -0.159. The second kappa shape index (κ2) is 5.90. The molecular weight excluding hydrogens is 352 g/mol. The lowest BCUT2D eigenvalue weighted by atomic mass is 10.4. The Morgan fingerprint density at radius 2 is 2.11 bits per heavy atom. The van der Waals surface area contributed by atoms with E-state index in [0.717, 1.165) is 29.7 Å². The second-order valence-corrected chi connectivity index (χ2v) is 8.75. The first kappa shape index (κ1) is 15.0. The SMILES string of the molecule is Cc1sc(Br)cc1S(=O)(=O)NCC(=O)N1CCCC1. The molecule has 2 heterocycles. The van der Waals surface area contributed by atoms with Crippen molar-refractivity contribution in [2.45, 2.75) is 24.7 Å². The van der Waals surface area contributed by atoms with Crippen LogP contribution in [-0.4, -0.2) is 38.9 Å². The second-order valence-electron chi connectivity index (χ2n) is 4.38. The van der Waals surface area contributed by atoms with Gasteiger partial charge in [-0.3, -0.25) is 4.79 Å².